The molecule has 0 bridgehead atoms. The molecule has 33 heavy (non-hydrogen) atoms. The molecule has 5 heteroatoms. The van der Waals surface area contributed by atoms with E-state index in [1.54, 1.807) is 7.11 Å². The van der Waals surface area contributed by atoms with Crippen molar-refractivity contribution in [3.63, 3.8) is 0 Å². The van der Waals surface area contributed by atoms with Gasteiger partial charge >= 0.3 is 0 Å². The molecule has 4 rings (SSSR count). The fourth-order valence-electron chi connectivity index (χ4n) is 4.25. The molecule has 4 aromatic rings. The minimum atomic E-state index is -0.115. The van der Waals surface area contributed by atoms with Crippen LogP contribution in [-0.2, 0) is 16.1 Å². The third-order valence-corrected chi connectivity index (χ3v) is 6.17. The molecule has 0 fully saturated rings. The van der Waals surface area contributed by atoms with Crippen molar-refractivity contribution in [3.05, 3.63) is 106 Å². The summed E-state index contributed by atoms with van der Waals surface area (Å²) in [5, 5.41) is 4.78. The Balaban J connectivity index is 1.74. The molecule has 0 radical (unpaired) electrons. The second-order valence-corrected chi connectivity index (χ2v) is 8.81. The van der Waals surface area contributed by atoms with Gasteiger partial charge in [0.15, 0.2) is 0 Å². The lowest BCUT2D eigenvalue weighted by Gasteiger charge is -2.17. The average molecular weight is 461 g/mol. The van der Waals surface area contributed by atoms with E-state index in [1.807, 2.05) is 24.3 Å². The lowest BCUT2D eigenvalue weighted by atomic mass is 9.88. The van der Waals surface area contributed by atoms with Gasteiger partial charge in [0, 0.05) is 54.7 Å². The van der Waals surface area contributed by atoms with Crippen molar-refractivity contribution >= 4 is 28.4 Å². The highest BCUT2D eigenvalue weighted by atomic mass is 35.5. The van der Waals surface area contributed by atoms with Crippen LogP contribution < -0.4 is 5.32 Å². The lowest BCUT2D eigenvalue weighted by Crippen LogP contribution is -2.28. The van der Waals surface area contributed by atoms with E-state index in [9.17, 15) is 4.79 Å². The van der Waals surface area contributed by atoms with Gasteiger partial charge in [-0.2, -0.15) is 0 Å². The number of aromatic nitrogens is 1. The van der Waals surface area contributed by atoms with Crippen molar-refractivity contribution in [2.45, 2.75) is 25.8 Å². The van der Waals surface area contributed by atoms with Crippen LogP contribution in [0.2, 0.25) is 5.02 Å². The zero-order valence-electron chi connectivity index (χ0n) is 19.1. The number of hydrogen-bond donors (Lipinski definition) is 1. The summed E-state index contributed by atoms with van der Waals surface area (Å²) < 4.78 is 7.35. The number of fused-ring (bicyclic) bond motifs is 1. The van der Waals surface area contributed by atoms with Gasteiger partial charge in [-0.25, -0.2) is 0 Å². The van der Waals surface area contributed by atoms with E-state index in [0.717, 1.165) is 28.6 Å². The molecule has 1 amide bonds. The van der Waals surface area contributed by atoms with Gasteiger partial charge in [0.25, 0.3) is 0 Å². The second-order valence-electron chi connectivity index (χ2n) is 8.37. The Hall–Kier alpha value is -3.08. The van der Waals surface area contributed by atoms with Crippen molar-refractivity contribution in [3.8, 4) is 0 Å². The highest BCUT2D eigenvalue weighted by Gasteiger charge is 2.23. The summed E-state index contributed by atoms with van der Waals surface area (Å²) in [6.07, 6.45) is 2.53. The van der Waals surface area contributed by atoms with Crippen LogP contribution in [0.3, 0.4) is 0 Å². The van der Waals surface area contributed by atoms with Crippen LogP contribution in [0.25, 0.3) is 10.9 Å². The summed E-state index contributed by atoms with van der Waals surface area (Å²) in [5.74, 6) is -0.122. The minimum Gasteiger partial charge on any atom is -0.383 e. The lowest BCUT2D eigenvalue weighted by molar-refractivity contribution is -0.121. The van der Waals surface area contributed by atoms with Crippen LogP contribution in [0.5, 0.6) is 0 Å². The molecule has 1 atom stereocenters. The van der Waals surface area contributed by atoms with Gasteiger partial charge in [-0.05, 0) is 41.8 Å². The Kier molecular flexibility index (Phi) is 7.48. The molecule has 0 spiro atoms. The normalized spacial score (nSPS) is 12.1. The van der Waals surface area contributed by atoms with Gasteiger partial charge in [0.1, 0.15) is 0 Å². The van der Waals surface area contributed by atoms with Crippen LogP contribution in [0.15, 0.2) is 79.0 Å². The number of carbonyl (C=O) groups excluding carboxylic acids is 1. The van der Waals surface area contributed by atoms with Crippen molar-refractivity contribution in [2.24, 2.45) is 0 Å². The third kappa shape index (κ3) is 5.65. The van der Waals surface area contributed by atoms with Crippen LogP contribution >= 0.6 is 11.6 Å². The van der Waals surface area contributed by atoms with Crippen molar-refractivity contribution in [1.29, 1.82) is 0 Å². The summed E-state index contributed by atoms with van der Waals surface area (Å²) >= 11 is 6.34. The highest BCUT2D eigenvalue weighted by molar-refractivity contribution is 6.30. The summed E-state index contributed by atoms with van der Waals surface area (Å²) in [5.41, 5.74) is 5.80. The van der Waals surface area contributed by atoms with E-state index in [1.165, 1.54) is 11.1 Å². The molecule has 0 saturated carbocycles. The number of amides is 1. The van der Waals surface area contributed by atoms with Gasteiger partial charge in [-0.3, -0.25) is 4.79 Å². The quantitative estimate of drug-likeness (QED) is 0.314. The summed E-state index contributed by atoms with van der Waals surface area (Å²) in [6.45, 7) is 3.85. The zero-order chi connectivity index (χ0) is 23.2. The van der Waals surface area contributed by atoms with E-state index < -0.39 is 0 Å². The Morgan fingerprint density at radius 1 is 1.06 bits per heavy atom. The van der Waals surface area contributed by atoms with Crippen molar-refractivity contribution < 1.29 is 9.53 Å². The van der Waals surface area contributed by atoms with Gasteiger partial charge in [-0.1, -0.05) is 71.8 Å². The Bertz CT molecular complexity index is 1230. The second kappa shape index (κ2) is 10.7. The van der Waals surface area contributed by atoms with E-state index in [4.69, 9.17) is 16.3 Å². The monoisotopic (exact) mass is 460 g/mol. The Labute approximate surface area is 200 Å². The Morgan fingerprint density at radius 3 is 2.61 bits per heavy atom. The van der Waals surface area contributed by atoms with E-state index >= 15 is 0 Å². The zero-order valence-corrected chi connectivity index (χ0v) is 19.8. The van der Waals surface area contributed by atoms with Crippen LogP contribution in [0.4, 0.5) is 0 Å². The molecule has 1 heterocycles. The maximum absolute atomic E-state index is 12.8. The van der Waals surface area contributed by atoms with Gasteiger partial charge in [-0.15, -0.1) is 0 Å². The van der Waals surface area contributed by atoms with Gasteiger partial charge < -0.3 is 14.6 Å². The predicted molar refractivity (Wildman–Crippen MR) is 135 cm³/mol. The number of carbonyl (C=O) groups is 1. The number of nitrogens with one attached hydrogen (secondary N) is 1. The molecule has 4 nitrogen and oxygen atoms in total. The number of nitrogens with zero attached hydrogens (tertiary/aromatic N) is 1. The van der Waals surface area contributed by atoms with E-state index in [2.05, 4.69) is 71.5 Å². The van der Waals surface area contributed by atoms with E-state index in [-0.39, 0.29) is 11.8 Å². The Morgan fingerprint density at radius 2 is 1.85 bits per heavy atom. The molecule has 1 N–H and O–H groups in total. The van der Waals surface area contributed by atoms with Crippen LogP contribution in [-0.4, -0.2) is 30.7 Å². The molecule has 0 aliphatic carbocycles. The average Bonchev–Trinajstić information content (AvgIpc) is 3.17. The number of halogens is 1. The summed E-state index contributed by atoms with van der Waals surface area (Å²) in [6, 6.07) is 24.8. The van der Waals surface area contributed by atoms with E-state index in [0.29, 0.717) is 24.6 Å². The molecule has 1 aromatic heterocycles. The molecular weight excluding hydrogens is 432 g/mol. The molecule has 170 valence electrons. The first-order valence-electron chi connectivity index (χ1n) is 11.2. The number of ether oxygens (including phenoxy) is 1. The first-order chi connectivity index (χ1) is 16.0. The largest absolute Gasteiger partial charge is 0.383 e. The summed E-state index contributed by atoms with van der Waals surface area (Å²) in [4.78, 5) is 12.8. The van der Waals surface area contributed by atoms with Gasteiger partial charge in [0.2, 0.25) is 5.91 Å². The fourth-order valence-corrected chi connectivity index (χ4v) is 4.45. The standard InChI is InChI=1S/C28H29ClN2O2/c1-20-10-12-21(13-11-20)18-31-19-26(24-8-3-4-9-27(24)31)25(17-28(32)30-14-15-33-2)22-6-5-7-23(29)16-22/h3-13,16,19,25H,14-15,17-18H2,1-2H3,(H,30,32). The maximum atomic E-state index is 12.8. The fraction of sp³-hybridized carbons (Fsp3) is 0.250. The molecule has 1 unspecified atom stereocenters. The molecule has 0 saturated heterocycles. The smallest absolute Gasteiger partial charge is 0.221 e. The highest BCUT2D eigenvalue weighted by Crippen LogP contribution is 2.36. The number of hydrogen-bond acceptors (Lipinski definition) is 2. The molecule has 0 aliphatic rings. The number of rotatable bonds is 9. The minimum absolute atomic E-state index is 0.00705. The molecule has 3 aromatic carbocycles. The third-order valence-electron chi connectivity index (χ3n) is 5.94. The van der Waals surface area contributed by atoms with Gasteiger partial charge in [0.05, 0.1) is 6.61 Å². The number of aryl methyl sites for hydroxylation is 1. The SMILES string of the molecule is COCCNC(=O)CC(c1cccc(Cl)c1)c1cn(Cc2ccc(C)cc2)c2ccccc12. The van der Waals surface area contributed by atoms with Crippen molar-refractivity contribution in [1.82, 2.24) is 9.88 Å². The number of para-hydroxylation sites is 1. The topological polar surface area (TPSA) is 43.3 Å². The molecule has 0 aliphatic heterocycles. The van der Waals surface area contributed by atoms with Crippen LogP contribution in [0.1, 0.15) is 34.6 Å². The summed E-state index contributed by atoms with van der Waals surface area (Å²) in [7, 11) is 1.63. The first-order valence-corrected chi connectivity index (χ1v) is 11.6. The predicted octanol–water partition coefficient (Wildman–Crippen LogP) is 5.94. The molecular formula is C28H29ClN2O2. The number of methoxy groups -OCH3 is 1. The number of benzene rings is 3. The van der Waals surface area contributed by atoms with Crippen molar-refractivity contribution in [2.75, 3.05) is 20.3 Å². The maximum Gasteiger partial charge on any atom is 0.221 e. The van der Waals surface area contributed by atoms with Crippen LogP contribution in [0, 0.1) is 6.92 Å². The first kappa shape index (κ1) is 23.1.